The fourth-order valence-electron chi connectivity index (χ4n) is 3.87. The third-order valence-corrected chi connectivity index (χ3v) is 8.81. The Morgan fingerprint density at radius 2 is 1.74 bits per heavy atom. The largest absolute Gasteiger partial charge is 0.493 e. The minimum atomic E-state index is -3.44. The van der Waals surface area contributed by atoms with E-state index in [-0.39, 0.29) is 4.90 Å². The van der Waals surface area contributed by atoms with Gasteiger partial charge in [-0.2, -0.15) is 0 Å². The zero-order valence-corrected chi connectivity index (χ0v) is 19.3. The molecule has 0 N–H and O–H groups in total. The second-order valence-electron chi connectivity index (χ2n) is 7.53. The van der Waals surface area contributed by atoms with Gasteiger partial charge in [-0.3, -0.25) is 0 Å². The van der Waals surface area contributed by atoms with Crippen molar-refractivity contribution in [3.05, 3.63) is 65.2 Å². The number of ether oxygens (including phenoxy) is 2. The van der Waals surface area contributed by atoms with Gasteiger partial charge in [0.25, 0.3) is 0 Å². The van der Waals surface area contributed by atoms with Crippen molar-refractivity contribution >= 4 is 26.3 Å². The number of aromatic nitrogens is 1. The van der Waals surface area contributed by atoms with E-state index >= 15 is 0 Å². The molecule has 1 aliphatic heterocycles. The van der Waals surface area contributed by atoms with Crippen LogP contribution < -0.4 is 14.4 Å². The number of methoxy groups -OCH3 is 2. The second kappa shape index (κ2) is 9.28. The number of thiazole rings is 1. The van der Waals surface area contributed by atoms with Gasteiger partial charge in [0.05, 0.1) is 30.1 Å². The molecule has 1 aromatic heterocycles. The maximum Gasteiger partial charge on any atom is 0.185 e. The van der Waals surface area contributed by atoms with E-state index in [2.05, 4.69) is 22.4 Å². The van der Waals surface area contributed by atoms with Crippen LogP contribution in [-0.2, 0) is 16.3 Å². The lowest BCUT2D eigenvalue weighted by Crippen LogP contribution is -2.39. The van der Waals surface area contributed by atoms with Crippen molar-refractivity contribution in [2.75, 3.05) is 32.2 Å². The molecule has 0 aliphatic carbocycles. The predicted octanol–water partition coefficient (Wildman–Crippen LogP) is 4.19. The standard InChI is InChI=1S/C23H26N2O4S2/c1-28-21-9-8-20(15-22(21)29-2)31(26,27)19-10-12-25(13-11-19)23-24-18(16-30-23)14-17-6-4-3-5-7-17/h3-9,15-16,19H,10-14H2,1-2H3. The molecule has 4 rings (SSSR count). The van der Waals surface area contributed by atoms with Crippen LogP contribution >= 0.6 is 11.3 Å². The van der Waals surface area contributed by atoms with Crippen molar-refractivity contribution in [2.45, 2.75) is 29.4 Å². The molecule has 0 bridgehead atoms. The highest BCUT2D eigenvalue weighted by atomic mass is 32.2. The number of rotatable bonds is 7. The topological polar surface area (TPSA) is 68.7 Å². The molecule has 1 fully saturated rings. The number of benzene rings is 2. The van der Waals surface area contributed by atoms with Gasteiger partial charge in [0.2, 0.25) is 0 Å². The van der Waals surface area contributed by atoms with Crippen molar-refractivity contribution < 1.29 is 17.9 Å². The molecule has 2 aromatic carbocycles. The summed E-state index contributed by atoms with van der Waals surface area (Å²) in [6.45, 7) is 1.35. The lowest BCUT2D eigenvalue weighted by Gasteiger charge is -2.31. The molecule has 0 spiro atoms. The van der Waals surface area contributed by atoms with Gasteiger partial charge in [-0.25, -0.2) is 13.4 Å². The lowest BCUT2D eigenvalue weighted by molar-refractivity contribution is 0.354. The summed E-state index contributed by atoms with van der Waals surface area (Å²) >= 11 is 1.62. The van der Waals surface area contributed by atoms with E-state index in [0.717, 1.165) is 17.2 Å². The van der Waals surface area contributed by atoms with Gasteiger partial charge < -0.3 is 14.4 Å². The Hall–Kier alpha value is -2.58. The van der Waals surface area contributed by atoms with Gasteiger partial charge in [0.1, 0.15) is 0 Å². The molecule has 6 nitrogen and oxygen atoms in total. The van der Waals surface area contributed by atoms with E-state index in [9.17, 15) is 8.42 Å². The Morgan fingerprint density at radius 1 is 1.03 bits per heavy atom. The van der Waals surface area contributed by atoms with Gasteiger partial charge in [-0.15, -0.1) is 11.3 Å². The Balaban J connectivity index is 1.41. The zero-order chi connectivity index (χ0) is 21.8. The van der Waals surface area contributed by atoms with E-state index in [4.69, 9.17) is 14.5 Å². The Kier molecular flexibility index (Phi) is 6.48. The van der Waals surface area contributed by atoms with Gasteiger partial charge in [-0.05, 0) is 30.5 Å². The summed E-state index contributed by atoms with van der Waals surface area (Å²) in [7, 11) is -0.400. The SMILES string of the molecule is COc1ccc(S(=O)(=O)C2CCN(c3nc(Cc4ccccc4)cs3)CC2)cc1OC. The van der Waals surface area contributed by atoms with Crippen LogP contribution in [0.2, 0.25) is 0 Å². The van der Waals surface area contributed by atoms with Crippen molar-refractivity contribution in [3.8, 4) is 11.5 Å². The molecule has 1 saturated heterocycles. The minimum Gasteiger partial charge on any atom is -0.493 e. The van der Waals surface area contributed by atoms with Crippen LogP contribution in [0.25, 0.3) is 0 Å². The van der Waals surface area contributed by atoms with Gasteiger partial charge in [0, 0.05) is 31.0 Å². The molecule has 164 valence electrons. The number of piperidine rings is 1. The summed E-state index contributed by atoms with van der Waals surface area (Å²) in [5.41, 5.74) is 2.28. The van der Waals surface area contributed by atoms with E-state index < -0.39 is 15.1 Å². The van der Waals surface area contributed by atoms with Crippen LogP contribution in [0, 0.1) is 0 Å². The van der Waals surface area contributed by atoms with Gasteiger partial charge in [-0.1, -0.05) is 30.3 Å². The average molecular weight is 459 g/mol. The summed E-state index contributed by atoms with van der Waals surface area (Å²) in [4.78, 5) is 7.26. The number of sulfone groups is 1. The number of nitrogens with zero attached hydrogens (tertiary/aromatic N) is 2. The van der Waals surface area contributed by atoms with Crippen LogP contribution in [0.1, 0.15) is 24.1 Å². The van der Waals surface area contributed by atoms with Crippen molar-refractivity contribution in [3.63, 3.8) is 0 Å². The molecular weight excluding hydrogens is 432 g/mol. The first-order chi connectivity index (χ1) is 15.0. The lowest BCUT2D eigenvalue weighted by atomic mass is 10.1. The number of anilines is 1. The maximum atomic E-state index is 13.2. The van der Waals surface area contributed by atoms with Crippen LogP contribution in [0.5, 0.6) is 11.5 Å². The first-order valence-corrected chi connectivity index (χ1v) is 12.6. The summed E-state index contributed by atoms with van der Waals surface area (Å²) in [6.07, 6.45) is 1.95. The van der Waals surface area contributed by atoms with E-state index in [1.165, 1.54) is 19.8 Å². The Morgan fingerprint density at radius 3 is 2.42 bits per heavy atom. The van der Waals surface area contributed by atoms with Crippen molar-refractivity contribution in [1.29, 1.82) is 0 Å². The highest BCUT2D eigenvalue weighted by Crippen LogP contribution is 2.34. The van der Waals surface area contributed by atoms with Crippen LogP contribution in [0.15, 0.2) is 58.8 Å². The van der Waals surface area contributed by atoms with Crippen LogP contribution in [0.4, 0.5) is 5.13 Å². The van der Waals surface area contributed by atoms with Gasteiger partial charge >= 0.3 is 0 Å². The summed E-state index contributed by atoms with van der Waals surface area (Å²) in [5.74, 6) is 0.945. The number of hydrogen-bond acceptors (Lipinski definition) is 7. The molecule has 1 aliphatic rings. The summed E-state index contributed by atoms with van der Waals surface area (Å²) in [5, 5.41) is 2.65. The van der Waals surface area contributed by atoms with Crippen molar-refractivity contribution in [2.24, 2.45) is 0 Å². The molecule has 0 atom stereocenters. The predicted molar refractivity (Wildman–Crippen MR) is 123 cm³/mol. The monoisotopic (exact) mass is 458 g/mol. The zero-order valence-electron chi connectivity index (χ0n) is 17.7. The fourth-order valence-corrected chi connectivity index (χ4v) is 6.50. The first-order valence-electron chi connectivity index (χ1n) is 10.2. The van der Waals surface area contributed by atoms with Crippen LogP contribution in [-0.4, -0.2) is 46.0 Å². The number of hydrogen-bond donors (Lipinski definition) is 0. The van der Waals surface area contributed by atoms with E-state index in [1.807, 2.05) is 18.2 Å². The molecule has 3 aromatic rings. The van der Waals surface area contributed by atoms with Crippen LogP contribution in [0.3, 0.4) is 0 Å². The second-order valence-corrected chi connectivity index (χ2v) is 10.6. The fraction of sp³-hybridized carbons (Fsp3) is 0.348. The maximum absolute atomic E-state index is 13.2. The van der Waals surface area contributed by atoms with Crippen molar-refractivity contribution in [1.82, 2.24) is 4.98 Å². The first kappa shape index (κ1) is 21.6. The molecule has 0 amide bonds. The third-order valence-electron chi connectivity index (χ3n) is 5.60. The Labute approximate surface area is 187 Å². The molecule has 0 radical (unpaired) electrons. The highest BCUT2D eigenvalue weighted by molar-refractivity contribution is 7.92. The third kappa shape index (κ3) is 4.70. The van der Waals surface area contributed by atoms with E-state index in [1.54, 1.807) is 29.5 Å². The van der Waals surface area contributed by atoms with E-state index in [0.29, 0.717) is 37.4 Å². The highest BCUT2D eigenvalue weighted by Gasteiger charge is 2.32. The Bertz CT molecular complexity index is 1120. The smallest absolute Gasteiger partial charge is 0.185 e. The van der Waals surface area contributed by atoms with Gasteiger partial charge in [0.15, 0.2) is 26.5 Å². The summed E-state index contributed by atoms with van der Waals surface area (Å²) < 4.78 is 36.8. The molecular formula is C23H26N2O4S2. The molecule has 2 heterocycles. The molecule has 0 saturated carbocycles. The normalized spacial score (nSPS) is 15.1. The average Bonchev–Trinajstić information content (AvgIpc) is 3.27. The molecule has 31 heavy (non-hydrogen) atoms. The molecule has 8 heteroatoms. The summed E-state index contributed by atoms with van der Waals surface area (Å²) in [6, 6.07) is 15.1. The molecule has 0 unspecified atom stereocenters. The quantitative estimate of drug-likeness (QED) is 0.529. The minimum absolute atomic E-state index is 0.281.